The molecular formula is C14H22BrNS. The Labute approximate surface area is 118 Å². The van der Waals surface area contributed by atoms with Crippen molar-refractivity contribution in [3.05, 3.63) is 28.7 Å². The van der Waals surface area contributed by atoms with Crippen molar-refractivity contribution >= 4 is 27.7 Å². The summed E-state index contributed by atoms with van der Waals surface area (Å²) in [7, 11) is 0. The van der Waals surface area contributed by atoms with Crippen molar-refractivity contribution in [1.29, 1.82) is 0 Å². The lowest BCUT2D eigenvalue weighted by Gasteiger charge is -2.18. The zero-order valence-electron chi connectivity index (χ0n) is 10.9. The second-order valence-electron chi connectivity index (χ2n) is 4.28. The first-order valence-electron chi connectivity index (χ1n) is 6.31. The van der Waals surface area contributed by atoms with Crippen LogP contribution in [0.15, 0.2) is 33.6 Å². The Balaban J connectivity index is 2.39. The number of hydrogen-bond acceptors (Lipinski definition) is 2. The zero-order chi connectivity index (χ0) is 12.7. The van der Waals surface area contributed by atoms with Crippen molar-refractivity contribution in [2.24, 2.45) is 0 Å². The fourth-order valence-corrected chi connectivity index (χ4v) is 3.22. The van der Waals surface area contributed by atoms with Crippen LogP contribution in [0.3, 0.4) is 0 Å². The number of halogens is 1. The summed E-state index contributed by atoms with van der Waals surface area (Å²) in [6, 6.07) is 9.08. The first kappa shape index (κ1) is 15.1. The van der Waals surface area contributed by atoms with Gasteiger partial charge < -0.3 is 5.32 Å². The lowest BCUT2D eigenvalue weighted by Crippen LogP contribution is -2.32. The molecule has 0 heterocycles. The summed E-state index contributed by atoms with van der Waals surface area (Å²) < 4.78 is 1.19. The Bertz CT molecular complexity index is 326. The van der Waals surface area contributed by atoms with Crippen LogP contribution in [0.2, 0.25) is 0 Å². The SMILES string of the molecule is CCC(CC)NCC(C)Sc1ccccc1Br. The molecule has 3 heteroatoms. The van der Waals surface area contributed by atoms with E-state index in [0.717, 1.165) is 6.54 Å². The summed E-state index contributed by atoms with van der Waals surface area (Å²) >= 11 is 5.51. The van der Waals surface area contributed by atoms with Crippen molar-refractivity contribution in [1.82, 2.24) is 5.32 Å². The molecule has 1 atom stereocenters. The normalized spacial score (nSPS) is 13.0. The standard InChI is InChI=1S/C14H22BrNS/c1-4-12(5-2)16-10-11(3)17-14-9-7-6-8-13(14)15/h6-9,11-12,16H,4-5,10H2,1-3H3. The van der Waals surface area contributed by atoms with Crippen LogP contribution >= 0.6 is 27.7 Å². The molecule has 1 rings (SSSR count). The highest BCUT2D eigenvalue weighted by Gasteiger charge is 2.09. The largest absolute Gasteiger partial charge is 0.313 e. The van der Waals surface area contributed by atoms with Crippen molar-refractivity contribution in [2.45, 2.75) is 49.8 Å². The van der Waals surface area contributed by atoms with E-state index in [2.05, 4.69) is 66.3 Å². The first-order valence-corrected chi connectivity index (χ1v) is 7.99. The molecule has 1 unspecified atom stereocenters. The third-order valence-corrected chi connectivity index (χ3v) is 4.98. The Morgan fingerprint density at radius 1 is 1.24 bits per heavy atom. The van der Waals surface area contributed by atoms with Crippen molar-refractivity contribution in [3.63, 3.8) is 0 Å². The van der Waals surface area contributed by atoms with Gasteiger partial charge in [0.15, 0.2) is 0 Å². The quantitative estimate of drug-likeness (QED) is 0.731. The van der Waals surface area contributed by atoms with Gasteiger partial charge in [-0.2, -0.15) is 0 Å². The van der Waals surface area contributed by atoms with Gasteiger partial charge in [0.1, 0.15) is 0 Å². The third kappa shape index (κ3) is 5.45. The van der Waals surface area contributed by atoms with Crippen LogP contribution in [-0.4, -0.2) is 17.8 Å². The molecule has 0 amide bonds. The van der Waals surface area contributed by atoms with Gasteiger partial charge in [0.2, 0.25) is 0 Å². The molecule has 0 saturated heterocycles. The van der Waals surface area contributed by atoms with Gasteiger partial charge in [-0.15, -0.1) is 11.8 Å². The highest BCUT2D eigenvalue weighted by molar-refractivity contribution is 9.10. The van der Waals surface area contributed by atoms with Gasteiger partial charge in [0, 0.05) is 27.2 Å². The third-order valence-electron chi connectivity index (χ3n) is 2.84. The van der Waals surface area contributed by atoms with Crippen molar-refractivity contribution in [2.75, 3.05) is 6.54 Å². The lowest BCUT2D eigenvalue weighted by molar-refractivity contribution is 0.488. The molecular weight excluding hydrogens is 294 g/mol. The molecule has 0 bridgehead atoms. The van der Waals surface area contributed by atoms with Gasteiger partial charge in [-0.1, -0.05) is 32.9 Å². The number of nitrogens with one attached hydrogen (secondary N) is 1. The molecule has 96 valence electrons. The maximum Gasteiger partial charge on any atom is 0.0311 e. The minimum atomic E-state index is 0.592. The average molecular weight is 316 g/mol. The highest BCUT2D eigenvalue weighted by Crippen LogP contribution is 2.29. The maximum atomic E-state index is 3.62. The van der Waals surface area contributed by atoms with Gasteiger partial charge >= 0.3 is 0 Å². The van der Waals surface area contributed by atoms with Crippen molar-refractivity contribution < 1.29 is 0 Å². The number of rotatable bonds is 7. The van der Waals surface area contributed by atoms with E-state index in [9.17, 15) is 0 Å². The smallest absolute Gasteiger partial charge is 0.0311 e. The van der Waals surface area contributed by atoms with Crippen LogP contribution < -0.4 is 5.32 Å². The average Bonchev–Trinajstić information content (AvgIpc) is 2.33. The van der Waals surface area contributed by atoms with Gasteiger partial charge in [0.05, 0.1) is 0 Å². The number of thioether (sulfide) groups is 1. The molecule has 1 nitrogen and oxygen atoms in total. The molecule has 0 aromatic heterocycles. The predicted molar refractivity (Wildman–Crippen MR) is 81.8 cm³/mol. The monoisotopic (exact) mass is 315 g/mol. The minimum absolute atomic E-state index is 0.592. The van der Waals surface area contributed by atoms with Crippen LogP contribution in [0, 0.1) is 0 Å². The number of benzene rings is 1. The molecule has 0 fully saturated rings. The molecule has 0 aliphatic heterocycles. The van der Waals surface area contributed by atoms with Crippen molar-refractivity contribution in [3.8, 4) is 0 Å². The van der Waals surface area contributed by atoms with Crippen LogP contribution in [0.1, 0.15) is 33.6 Å². The summed E-state index contributed by atoms with van der Waals surface area (Å²) in [5.74, 6) is 0. The summed E-state index contributed by atoms with van der Waals surface area (Å²) in [6.07, 6.45) is 2.42. The zero-order valence-corrected chi connectivity index (χ0v) is 13.3. The molecule has 1 aromatic carbocycles. The molecule has 1 aromatic rings. The molecule has 0 saturated carbocycles. The van der Waals surface area contributed by atoms with E-state index < -0.39 is 0 Å². The van der Waals surface area contributed by atoms with Gasteiger partial charge in [-0.25, -0.2) is 0 Å². The second kappa shape index (κ2) is 8.17. The fourth-order valence-electron chi connectivity index (χ4n) is 1.71. The maximum absolute atomic E-state index is 3.62. The molecule has 0 radical (unpaired) electrons. The Kier molecular flexibility index (Phi) is 7.24. The number of hydrogen-bond donors (Lipinski definition) is 1. The summed E-state index contributed by atoms with van der Waals surface area (Å²) in [6.45, 7) is 7.83. The second-order valence-corrected chi connectivity index (χ2v) is 6.62. The molecule has 1 N–H and O–H groups in total. The van der Waals surface area contributed by atoms with E-state index in [1.165, 1.54) is 22.2 Å². The van der Waals surface area contributed by atoms with Crippen LogP contribution in [0.4, 0.5) is 0 Å². The highest BCUT2D eigenvalue weighted by atomic mass is 79.9. The summed E-state index contributed by atoms with van der Waals surface area (Å²) in [4.78, 5) is 1.33. The van der Waals surface area contributed by atoms with Gasteiger partial charge in [-0.3, -0.25) is 0 Å². The first-order chi connectivity index (χ1) is 8.17. The topological polar surface area (TPSA) is 12.0 Å². The fraction of sp³-hybridized carbons (Fsp3) is 0.571. The van der Waals surface area contributed by atoms with Crippen LogP contribution in [-0.2, 0) is 0 Å². The Morgan fingerprint density at radius 3 is 2.47 bits per heavy atom. The van der Waals surface area contributed by atoms with E-state index in [1.54, 1.807) is 0 Å². The molecule has 17 heavy (non-hydrogen) atoms. The van der Waals surface area contributed by atoms with E-state index in [1.807, 2.05) is 11.8 Å². The van der Waals surface area contributed by atoms with Gasteiger partial charge in [0.25, 0.3) is 0 Å². The van der Waals surface area contributed by atoms with E-state index in [-0.39, 0.29) is 0 Å². The molecule has 0 spiro atoms. The van der Waals surface area contributed by atoms with E-state index >= 15 is 0 Å². The van der Waals surface area contributed by atoms with E-state index in [0.29, 0.717) is 11.3 Å². The lowest BCUT2D eigenvalue weighted by atomic mass is 10.2. The van der Waals surface area contributed by atoms with Crippen LogP contribution in [0.5, 0.6) is 0 Å². The Morgan fingerprint density at radius 2 is 1.88 bits per heavy atom. The van der Waals surface area contributed by atoms with E-state index in [4.69, 9.17) is 0 Å². The summed E-state index contributed by atoms with van der Waals surface area (Å²) in [5.41, 5.74) is 0. The van der Waals surface area contributed by atoms with Crippen LogP contribution in [0.25, 0.3) is 0 Å². The van der Waals surface area contributed by atoms with Gasteiger partial charge in [-0.05, 0) is 40.9 Å². The molecule has 0 aliphatic carbocycles. The Hall–Kier alpha value is 0.01000. The molecule has 0 aliphatic rings. The summed E-state index contributed by atoms with van der Waals surface area (Å²) in [5, 5.41) is 4.21. The predicted octanol–water partition coefficient (Wildman–Crippen LogP) is 4.71. The minimum Gasteiger partial charge on any atom is -0.313 e.